The Kier molecular flexibility index (Phi) is 7.19. The summed E-state index contributed by atoms with van der Waals surface area (Å²) in [4.78, 5) is 17.3. The van der Waals surface area contributed by atoms with Gasteiger partial charge in [-0.15, -0.1) is 21.5 Å². The quantitative estimate of drug-likeness (QED) is 0.345. The van der Waals surface area contributed by atoms with E-state index in [-0.39, 0.29) is 12.0 Å². The molecule has 0 saturated carbocycles. The van der Waals surface area contributed by atoms with Crippen LogP contribution in [-0.2, 0) is 4.74 Å². The second-order valence-corrected chi connectivity index (χ2v) is 8.40. The first-order chi connectivity index (χ1) is 16.4. The van der Waals surface area contributed by atoms with E-state index in [0.717, 1.165) is 11.3 Å². The van der Waals surface area contributed by atoms with E-state index in [9.17, 15) is 4.79 Å². The van der Waals surface area contributed by atoms with Crippen molar-refractivity contribution < 1.29 is 23.4 Å². The minimum absolute atomic E-state index is 0.173. The average molecular weight is 481 g/mol. The van der Waals surface area contributed by atoms with Crippen molar-refractivity contribution in [2.24, 2.45) is 0 Å². The molecule has 10 heteroatoms. The summed E-state index contributed by atoms with van der Waals surface area (Å²) in [5.41, 5.74) is 1.94. The average Bonchev–Trinajstić information content (AvgIpc) is 3.42. The summed E-state index contributed by atoms with van der Waals surface area (Å²) < 4.78 is 22.6. The number of amides is 1. The highest BCUT2D eigenvalue weighted by molar-refractivity contribution is 7.13. The van der Waals surface area contributed by atoms with Crippen LogP contribution in [-0.4, -0.2) is 40.9 Å². The number of thiazole rings is 1. The minimum Gasteiger partial charge on any atom is -0.488 e. The first-order valence-electron chi connectivity index (χ1n) is 10.5. The molecule has 2 heterocycles. The third kappa shape index (κ3) is 5.77. The van der Waals surface area contributed by atoms with Crippen molar-refractivity contribution >= 4 is 22.4 Å². The van der Waals surface area contributed by atoms with Crippen LogP contribution in [0.3, 0.4) is 0 Å². The molecular weight excluding hydrogens is 456 g/mol. The lowest BCUT2D eigenvalue weighted by atomic mass is 10.1. The van der Waals surface area contributed by atoms with Gasteiger partial charge in [0.2, 0.25) is 11.8 Å². The summed E-state index contributed by atoms with van der Waals surface area (Å²) in [7, 11) is 1.61. The molecule has 2 aromatic carbocycles. The maximum atomic E-state index is 13.0. The van der Waals surface area contributed by atoms with Gasteiger partial charge >= 0.3 is 0 Å². The van der Waals surface area contributed by atoms with Crippen molar-refractivity contribution in [3.63, 3.8) is 0 Å². The molecule has 176 valence electrons. The molecule has 4 aromatic rings. The second-order valence-electron chi connectivity index (χ2n) is 7.54. The van der Waals surface area contributed by atoms with E-state index in [1.54, 1.807) is 56.5 Å². The minimum atomic E-state index is -0.334. The standard InChI is InChI=1S/C24H24N4O5S/c1-14-13-34-24(25-14)26-22(29)20-10-9-19(31-15(2)12-30-4)11-21(20)33-18-7-5-17(6-8-18)23-28-27-16(3)32-23/h5-11,13,15H,12H2,1-4H3,(H,25,26,29). The number of methoxy groups -OCH3 is 1. The first kappa shape index (κ1) is 23.4. The number of nitrogens with zero attached hydrogens (tertiary/aromatic N) is 3. The Hall–Kier alpha value is -3.76. The molecule has 1 N–H and O–H groups in total. The van der Waals surface area contributed by atoms with Gasteiger partial charge in [0.1, 0.15) is 23.4 Å². The molecule has 0 aliphatic heterocycles. The van der Waals surface area contributed by atoms with E-state index in [2.05, 4.69) is 20.5 Å². The van der Waals surface area contributed by atoms with Gasteiger partial charge in [-0.05, 0) is 50.2 Å². The zero-order valence-electron chi connectivity index (χ0n) is 19.2. The van der Waals surface area contributed by atoms with Crippen LogP contribution in [0.5, 0.6) is 17.2 Å². The monoisotopic (exact) mass is 480 g/mol. The molecule has 0 aliphatic rings. The molecule has 34 heavy (non-hydrogen) atoms. The maximum Gasteiger partial charge on any atom is 0.261 e. The Bertz CT molecular complexity index is 1270. The fraction of sp³-hybridized carbons (Fsp3) is 0.250. The van der Waals surface area contributed by atoms with Crippen molar-refractivity contribution in [1.29, 1.82) is 0 Å². The third-order valence-electron chi connectivity index (χ3n) is 4.63. The predicted octanol–water partition coefficient (Wildman–Crippen LogP) is 5.27. The molecule has 0 aliphatic carbocycles. The maximum absolute atomic E-state index is 13.0. The molecule has 0 radical (unpaired) electrons. The molecule has 1 atom stereocenters. The normalized spacial score (nSPS) is 11.8. The van der Waals surface area contributed by atoms with E-state index in [1.807, 2.05) is 19.2 Å². The lowest BCUT2D eigenvalue weighted by Crippen LogP contribution is -2.18. The number of hydrogen-bond donors (Lipinski definition) is 1. The molecular formula is C24H24N4O5S. The molecule has 2 aromatic heterocycles. The molecule has 1 unspecified atom stereocenters. The van der Waals surface area contributed by atoms with E-state index >= 15 is 0 Å². The van der Waals surface area contributed by atoms with Crippen LogP contribution in [0.2, 0.25) is 0 Å². The number of nitrogens with one attached hydrogen (secondary N) is 1. The summed E-state index contributed by atoms with van der Waals surface area (Å²) >= 11 is 1.36. The van der Waals surface area contributed by atoms with Crippen LogP contribution in [0.25, 0.3) is 11.5 Å². The number of carbonyl (C=O) groups is 1. The van der Waals surface area contributed by atoms with Gasteiger partial charge in [0.05, 0.1) is 17.9 Å². The van der Waals surface area contributed by atoms with Crippen molar-refractivity contribution in [3.8, 4) is 28.7 Å². The summed E-state index contributed by atoms with van der Waals surface area (Å²) in [6, 6.07) is 12.2. The Balaban J connectivity index is 1.59. The van der Waals surface area contributed by atoms with Gasteiger partial charge in [-0.25, -0.2) is 4.98 Å². The highest BCUT2D eigenvalue weighted by atomic mass is 32.1. The Morgan fingerprint density at radius 3 is 2.53 bits per heavy atom. The van der Waals surface area contributed by atoms with Gasteiger partial charge < -0.3 is 18.6 Å². The first-order valence-corrected chi connectivity index (χ1v) is 11.4. The lowest BCUT2D eigenvalue weighted by molar-refractivity contribution is 0.0919. The third-order valence-corrected chi connectivity index (χ3v) is 5.51. The number of benzene rings is 2. The van der Waals surface area contributed by atoms with Crippen LogP contribution in [0.1, 0.15) is 28.9 Å². The van der Waals surface area contributed by atoms with Gasteiger partial charge in [0.15, 0.2) is 5.13 Å². The van der Waals surface area contributed by atoms with Crippen molar-refractivity contribution in [2.45, 2.75) is 26.9 Å². The Morgan fingerprint density at radius 1 is 1.12 bits per heavy atom. The molecule has 1 amide bonds. The van der Waals surface area contributed by atoms with Gasteiger partial charge in [0, 0.05) is 31.0 Å². The zero-order valence-corrected chi connectivity index (χ0v) is 20.0. The molecule has 0 bridgehead atoms. The number of aryl methyl sites for hydroxylation is 2. The number of hydrogen-bond acceptors (Lipinski definition) is 9. The molecule has 9 nitrogen and oxygen atoms in total. The zero-order chi connectivity index (χ0) is 24.1. The highest BCUT2D eigenvalue weighted by Crippen LogP contribution is 2.32. The molecule has 0 spiro atoms. The fourth-order valence-electron chi connectivity index (χ4n) is 3.13. The van der Waals surface area contributed by atoms with Crippen molar-refractivity contribution in [2.75, 3.05) is 19.0 Å². The smallest absolute Gasteiger partial charge is 0.261 e. The van der Waals surface area contributed by atoms with Crippen molar-refractivity contribution in [1.82, 2.24) is 15.2 Å². The summed E-state index contributed by atoms with van der Waals surface area (Å²) in [6.07, 6.45) is -0.173. The van der Waals surface area contributed by atoms with Crippen LogP contribution >= 0.6 is 11.3 Å². The van der Waals surface area contributed by atoms with E-state index in [0.29, 0.717) is 46.3 Å². The number of rotatable bonds is 9. The molecule has 0 fully saturated rings. The number of anilines is 1. The Morgan fingerprint density at radius 2 is 1.88 bits per heavy atom. The lowest BCUT2D eigenvalue weighted by Gasteiger charge is -2.16. The number of ether oxygens (including phenoxy) is 3. The number of carbonyl (C=O) groups excluding carboxylic acids is 1. The van der Waals surface area contributed by atoms with Gasteiger partial charge in [-0.1, -0.05) is 0 Å². The second kappa shape index (κ2) is 10.4. The summed E-state index contributed by atoms with van der Waals surface area (Å²) in [6.45, 7) is 5.93. The topological polar surface area (TPSA) is 109 Å². The summed E-state index contributed by atoms with van der Waals surface area (Å²) in [5.74, 6) is 2.00. The van der Waals surface area contributed by atoms with Gasteiger partial charge in [0.25, 0.3) is 5.91 Å². The van der Waals surface area contributed by atoms with Gasteiger partial charge in [-0.2, -0.15) is 0 Å². The molecule has 0 saturated heterocycles. The van der Waals surface area contributed by atoms with Crippen molar-refractivity contribution in [3.05, 3.63) is 65.0 Å². The SMILES string of the molecule is COCC(C)Oc1ccc(C(=O)Nc2nc(C)cs2)c(Oc2ccc(-c3nnc(C)o3)cc2)c1. The summed E-state index contributed by atoms with van der Waals surface area (Å²) in [5, 5.41) is 13.1. The Labute approximate surface area is 200 Å². The molecule has 4 rings (SSSR count). The van der Waals surface area contributed by atoms with Crippen LogP contribution < -0.4 is 14.8 Å². The van der Waals surface area contributed by atoms with Gasteiger partial charge in [-0.3, -0.25) is 10.1 Å². The highest BCUT2D eigenvalue weighted by Gasteiger charge is 2.17. The van der Waals surface area contributed by atoms with E-state index in [1.165, 1.54) is 11.3 Å². The van der Waals surface area contributed by atoms with Crippen LogP contribution in [0.15, 0.2) is 52.3 Å². The fourth-order valence-corrected chi connectivity index (χ4v) is 3.81. The van der Waals surface area contributed by atoms with Crippen LogP contribution in [0, 0.1) is 13.8 Å². The van der Waals surface area contributed by atoms with E-state index in [4.69, 9.17) is 18.6 Å². The largest absolute Gasteiger partial charge is 0.488 e. The van der Waals surface area contributed by atoms with Crippen LogP contribution in [0.4, 0.5) is 5.13 Å². The van der Waals surface area contributed by atoms with E-state index < -0.39 is 0 Å². The predicted molar refractivity (Wildman–Crippen MR) is 128 cm³/mol. The number of aromatic nitrogens is 3.